The zero-order valence-corrected chi connectivity index (χ0v) is 12.1. The summed E-state index contributed by atoms with van der Waals surface area (Å²) in [6, 6.07) is 0. The van der Waals surface area contributed by atoms with Gasteiger partial charge in [0.15, 0.2) is 0 Å². The molecule has 4 heteroatoms. The van der Waals surface area contributed by atoms with Crippen LogP contribution in [0.15, 0.2) is 0 Å². The Balaban J connectivity index is 1.76. The molecule has 2 atom stereocenters. The summed E-state index contributed by atoms with van der Waals surface area (Å²) in [5.74, 6) is 0.243. The normalized spacial score (nSPS) is 32.7. The molecule has 18 heavy (non-hydrogen) atoms. The highest BCUT2D eigenvalue weighted by Gasteiger charge is 2.30. The van der Waals surface area contributed by atoms with E-state index in [-0.39, 0.29) is 11.5 Å². The van der Waals surface area contributed by atoms with Gasteiger partial charge in [0.2, 0.25) is 0 Å². The molecule has 0 aliphatic carbocycles. The monoisotopic (exact) mass is 257 g/mol. The van der Waals surface area contributed by atoms with Gasteiger partial charge in [-0.3, -0.25) is 4.90 Å². The molecule has 0 spiro atoms. The molecule has 0 aromatic heterocycles. The summed E-state index contributed by atoms with van der Waals surface area (Å²) in [6.07, 6.45) is 0.333. The van der Waals surface area contributed by atoms with Gasteiger partial charge in [-0.15, -0.1) is 0 Å². The van der Waals surface area contributed by atoms with Crippen molar-refractivity contribution in [2.45, 2.75) is 38.9 Å². The number of halogens is 1. The van der Waals surface area contributed by atoms with Crippen LogP contribution in [-0.2, 0) is 0 Å². The van der Waals surface area contributed by atoms with Crippen LogP contribution in [0.1, 0.15) is 27.2 Å². The Morgan fingerprint density at radius 1 is 1.17 bits per heavy atom. The highest BCUT2D eigenvalue weighted by Crippen LogP contribution is 2.20. The second-order valence-electron chi connectivity index (χ2n) is 6.73. The molecule has 2 heterocycles. The van der Waals surface area contributed by atoms with Gasteiger partial charge in [-0.2, -0.15) is 0 Å². The first-order valence-corrected chi connectivity index (χ1v) is 7.29. The van der Waals surface area contributed by atoms with Crippen LogP contribution in [0.3, 0.4) is 0 Å². The SMILES string of the molecule is CC(C)(C)N1CCN(CC2CCNCC2F)CC1. The van der Waals surface area contributed by atoms with E-state index in [9.17, 15) is 4.39 Å². The van der Waals surface area contributed by atoms with Crippen LogP contribution in [0, 0.1) is 5.92 Å². The number of hydrogen-bond donors (Lipinski definition) is 1. The van der Waals surface area contributed by atoms with Crippen LogP contribution in [0.5, 0.6) is 0 Å². The van der Waals surface area contributed by atoms with Crippen molar-refractivity contribution in [3.8, 4) is 0 Å². The summed E-state index contributed by atoms with van der Waals surface area (Å²) in [6.45, 7) is 13.7. The fourth-order valence-corrected chi connectivity index (χ4v) is 3.01. The predicted octanol–water partition coefficient (Wildman–Crippen LogP) is 1.35. The minimum absolute atomic E-state index is 0.243. The van der Waals surface area contributed by atoms with E-state index in [0.29, 0.717) is 6.54 Å². The molecule has 2 aliphatic rings. The third-order valence-corrected chi connectivity index (χ3v) is 4.36. The third kappa shape index (κ3) is 3.65. The molecular formula is C14H28FN3. The first kappa shape index (κ1) is 14.2. The molecule has 0 aromatic rings. The average Bonchev–Trinajstić information content (AvgIpc) is 2.32. The molecule has 2 aliphatic heterocycles. The minimum Gasteiger partial charge on any atom is -0.314 e. The summed E-state index contributed by atoms with van der Waals surface area (Å²) in [5.41, 5.74) is 0.267. The summed E-state index contributed by atoms with van der Waals surface area (Å²) in [5, 5.41) is 3.13. The summed E-state index contributed by atoms with van der Waals surface area (Å²) in [7, 11) is 0. The van der Waals surface area contributed by atoms with Gasteiger partial charge in [0.05, 0.1) is 0 Å². The molecule has 106 valence electrons. The molecule has 2 saturated heterocycles. The number of rotatable bonds is 2. The van der Waals surface area contributed by atoms with Crippen molar-refractivity contribution in [3.63, 3.8) is 0 Å². The van der Waals surface area contributed by atoms with Crippen molar-refractivity contribution in [2.24, 2.45) is 5.92 Å². The number of hydrogen-bond acceptors (Lipinski definition) is 3. The van der Waals surface area contributed by atoms with Gasteiger partial charge >= 0.3 is 0 Å². The number of alkyl halides is 1. The van der Waals surface area contributed by atoms with Crippen molar-refractivity contribution < 1.29 is 4.39 Å². The quantitative estimate of drug-likeness (QED) is 0.805. The topological polar surface area (TPSA) is 18.5 Å². The van der Waals surface area contributed by atoms with Crippen LogP contribution < -0.4 is 5.32 Å². The molecule has 2 rings (SSSR count). The lowest BCUT2D eigenvalue weighted by Crippen LogP contribution is -2.55. The van der Waals surface area contributed by atoms with Gasteiger partial charge < -0.3 is 10.2 Å². The largest absolute Gasteiger partial charge is 0.314 e. The lowest BCUT2D eigenvalue weighted by atomic mass is 9.95. The molecule has 0 aromatic carbocycles. The van der Waals surface area contributed by atoms with E-state index in [0.717, 1.165) is 45.7 Å². The zero-order chi connectivity index (χ0) is 13.2. The van der Waals surface area contributed by atoms with Crippen molar-refractivity contribution >= 4 is 0 Å². The van der Waals surface area contributed by atoms with E-state index in [4.69, 9.17) is 0 Å². The Bertz CT molecular complexity index is 256. The van der Waals surface area contributed by atoms with Crippen molar-refractivity contribution in [1.29, 1.82) is 0 Å². The highest BCUT2D eigenvalue weighted by molar-refractivity contribution is 4.85. The Morgan fingerprint density at radius 2 is 1.83 bits per heavy atom. The van der Waals surface area contributed by atoms with Gasteiger partial charge in [0.1, 0.15) is 6.17 Å². The summed E-state index contributed by atoms with van der Waals surface area (Å²) < 4.78 is 13.8. The second-order valence-corrected chi connectivity index (χ2v) is 6.73. The van der Waals surface area contributed by atoms with E-state index >= 15 is 0 Å². The molecular weight excluding hydrogens is 229 g/mol. The Hall–Kier alpha value is -0.190. The predicted molar refractivity (Wildman–Crippen MR) is 73.6 cm³/mol. The smallest absolute Gasteiger partial charge is 0.117 e. The molecule has 2 fully saturated rings. The summed E-state index contributed by atoms with van der Waals surface area (Å²) in [4.78, 5) is 4.98. The fraction of sp³-hybridized carbons (Fsp3) is 1.00. The Morgan fingerprint density at radius 3 is 2.39 bits per heavy atom. The van der Waals surface area contributed by atoms with Crippen molar-refractivity contribution in [3.05, 3.63) is 0 Å². The average molecular weight is 257 g/mol. The standard InChI is InChI=1S/C14H28FN3/c1-14(2,3)18-8-6-17(7-9-18)11-12-4-5-16-10-13(12)15/h12-13,16H,4-11H2,1-3H3. The molecule has 0 radical (unpaired) electrons. The van der Waals surface area contributed by atoms with E-state index in [1.807, 2.05) is 0 Å². The van der Waals surface area contributed by atoms with Crippen molar-refractivity contribution in [1.82, 2.24) is 15.1 Å². The maximum atomic E-state index is 13.8. The number of nitrogens with zero attached hydrogens (tertiary/aromatic N) is 2. The summed E-state index contributed by atoms with van der Waals surface area (Å²) >= 11 is 0. The van der Waals surface area contributed by atoms with Gasteiger partial charge in [-0.05, 0) is 33.7 Å². The van der Waals surface area contributed by atoms with E-state index in [1.54, 1.807) is 0 Å². The molecule has 1 N–H and O–H groups in total. The molecule has 2 unspecified atom stereocenters. The number of piperidine rings is 1. The van der Waals surface area contributed by atoms with E-state index in [2.05, 4.69) is 35.9 Å². The van der Waals surface area contributed by atoms with Gasteiger partial charge in [0, 0.05) is 50.7 Å². The number of nitrogens with one attached hydrogen (secondary N) is 1. The van der Waals surface area contributed by atoms with E-state index < -0.39 is 6.17 Å². The third-order valence-electron chi connectivity index (χ3n) is 4.36. The lowest BCUT2D eigenvalue weighted by Gasteiger charge is -2.43. The van der Waals surface area contributed by atoms with E-state index in [1.165, 1.54) is 0 Å². The van der Waals surface area contributed by atoms with Gasteiger partial charge in [0.25, 0.3) is 0 Å². The van der Waals surface area contributed by atoms with Gasteiger partial charge in [-0.1, -0.05) is 0 Å². The molecule has 3 nitrogen and oxygen atoms in total. The van der Waals surface area contributed by atoms with Crippen LogP contribution in [-0.4, -0.2) is 67.3 Å². The van der Waals surface area contributed by atoms with Crippen LogP contribution in [0.25, 0.3) is 0 Å². The van der Waals surface area contributed by atoms with Crippen LogP contribution in [0.4, 0.5) is 4.39 Å². The number of piperazine rings is 1. The van der Waals surface area contributed by atoms with Crippen molar-refractivity contribution in [2.75, 3.05) is 45.8 Å². The minimum atomic E-state index is -0.653. The molecule has 0 amide bonds. The van der Waals surface area contributed by atoms with Gasteiger partial charge in [-0.25, -0.2) is 4.39 Å². The first-order valence-electron chi connectivity index (χ1n) is 7.29. The zero-order valence-electron chi connectivity index (χ0n) is 12.1. The first-order chi connectivity index (χ1) is 8.47. The lowest BCUT2D eigenvalue weighted by molar-refractivity contribution is 0.0418. The maximum Gasteiger partial charge on any atom is 0.117 e. The Labute approximate surface area is 111 Å². The second kappa shape index (κ2) is 5.85. The van der Waals surface area contributed by atoms with Crippen LogP contribution in [0.2, 0.25) is 0 Å². The maximum absolute atomic E-state index is 13.8. The fourth-order valence-electron chi connectivity index (χ4n) is 3.01. The Kier molecular flexibility index (Phi) is 4.62. The molecule has 0 bridgehead atoms. The highest BCUT2D eigenvalue weighted by atomic mass is 19.1. The molecule has 0 saturated carbocycles. The van der Waals surface area contributed by atoms with Crippen LogP contribution >= 0.6 is 0 Å².